The minimum absolute atomic E-state index is 0.0648. The summed E-state index contributed by atoms with van der Waals surface area (Å²) in [5.41, 5.74) is 1.93. The van der Waals surface area contributed by atoms with Crippen LogP contribution in [0, 0.1) is 11.6 Å². The van der Waals surface area contributed by atoms with Gasteiger partial charge in [-0.1, -0.05) is 30.3 Å². The van der Waals surface area contributed by atoms with Gasteiger partial charge in [0.1, 0.15) is 11.4 Å². The molecule has 43 heavy (non-hydrogen) atoms. The average Bonchev–Trinajstić information content (AvgIpc) is 3.36. The van der Waals surface area contributed by atoms with Gasteiger partial charge in [-0.3, -0.25) is 4.79 Å². The molecular weight excluding hydrogens is 552 g/mol. The Morgan fingerprint density at radius 3 is 2.56 bits per heavy atom. The van der Waals surface area contributed by atoms with Crippen LogP contribution in [0.2, 0.25) is 0 Å². The zero-order chi connectivity index (χ0) is 30.3. The number of ether oxygens (including phenoxy) is 1. The number of para-hydroxylation sites is 1. The van der Waals surface area contributed by atoms with E-state index in [0.717, 1.165) is 28.2 Å². The highest BCUT2D eigenvalue weighted by molar-refractivity contribution is 5.79. The zero-order valence-corrected chi connectivity index (χ0v) is 24.7. The summed E-state index contributed by atoms with van der Waals surface area (Å²) in [6.07, 6.45) is 4.16. The third kappa shape index (κ3) is 5.56. The maximum Gasteiger partial charge on any atom is 0.317 e. The number of benzene rings is 2. The highest BCUT2D eigenvalue weighted by Crippen LogP contribution is 2.38. The second kappa shape index (κ2) is 11.6. The summed E-state index contributed by atoms with van der Waals surface area (Å²) in [6.45, 7) is 5.28. The second-order valence-electron chi connectivity index (χ2n) is 12.1. The molecule has 2 aromatic carbocycles. The summed E-state index contributed by atoms with van der Waals surface area (Å²) < 4.78 is 36.8. The van der Waals surface area contributed by atoms with Crippen molar-refractivity contribution >= 4 is 16.9 Å². The minimum Gasteiger partial charge on any atom is -0.373 e. The molecule has 4 aromatic rings. The van der Waals surface area contributed by atoms with E-state index in [1.54, 1.807) is 24.3 Å². The molecular formula is C33H37F2N5O3. The lowest BCUT2D eigenvalue weighted by Gasteiger charge is -2.33. The molecule has 226 valence electrons. The van der Waals surface area contributed by atoms with E-state index in [1.165, 1.54) is 6.07 Å². The number of likely N-dealkylation sites (tertiary alicyclic amines) is 1. The molecule has 2 atom stereocenters. The van der Waals surface area contributed by atoms with Crippen LogP contribution < -0.4 is 10.9 Å². The summed E-state index contributed by atoms with van der Waals surface area (Å²) in [5.74, 6) is -1.28. The molecule has 6 rings (SSSR count). The van der Waals surface area contributed by atoms with Gasteiger partial charge in [0.15, 0.2) is 11.6 Å². The van der Waals surface area contributed by atoms with Crippen molar-refractivity contribution in [3.05, 3.63) is 99.4 Å². The van der Waals surface area contributed by atoms with Crippen LogP contribution in [0.15, 0.2) is 59.5 Å². The maximum absolute atomic E-state index is 14.9. The van der Waals surface area contributed by atoms with Crippen molar-refractivity contribution in [1.29, 1.82) is 0 Å². The van der Waals surface area contributed by atoms with Crippen molar-refractivity contribution < 1.29 is 18.3 Å². The van der Waals surface area contributed by atoms with Crippen LogP contribution in [-0.2, 0) is 16.9 Å². The number of carbonyl (C=O) groups excluding carboxylic acids is 1. The number of nitrogens with zero attached hydrogens (tertiary/aromatic N) is 3. The van der Waals surface area contributed by atoms with Crippen LogP contribution in [0.25, 0.3) is 10.9 Å². The van der Waals surface area contributed by atoms with Crippen molar-refractivity contribution in [3.8, 4) is 0 Å². The van der Waals surface area contributed by atoms with E-state index < -0.39 is 23.3 Å². The largest absolute Gasteiger partial charge is 0.373 e. The Balaban J connectivity index is 1.20. The molecule has 0 unspecified atom stereocenters. The molecule has 0 spiro atoms. The predicted molar refractivity (Wildman–Crippen MR) is 160 cm³/mol. The molecule has 1 saturated heterocycles. The van der Waals surface area contributed by atoms with Gasteiger partial charge in [-0.15, -0.1) is 0 Å². The fourth-order valence-corrected chi connectivity index (χ4v) is 6.58. The molecule has 0 aliphatic carbocycles. The first-order valence-corrected chi connectivity index (χ1v) is 14.9. The molecule has 0 bridgehead atoms. The highest BCUT2D eigenvalue weighted by Gasteiger charge is 2.35. The van der Waals surface area contributed by atoms with Gasteiger partial charge in [0.25, 0.3) is 5.56 Å². The number of amides is 2. The second-order valence-corrected chi connectivity index (χ2v) is 12.1. The summed E-state index contributed by atoms with van der Waals surface area (Å²) in [5, 5.41) is 4.18. The Kier molecular flexibility index (Phi) is 7.81. The molecule has 0 radical (unpaired) electrons. The molecule has 1 fully saturated rings. The number of aromatic nitrogens is 3. The molecule has 2 aromatic heterocycles. The number of piperidine rings is 1. The minimum atomic E-state index is -0.871. The van der Waals surface area contributed by atoms with Gasteiger partial charge >= 0.3 is 6.03 Å². The number of H-pyrrole nitrogens is 1. The third-order valence-electron chi connectivity index (χ3n) is 9.26. The normalized spacial score (nSPS) is 19.7. The van der Waals surface area contributed by atoms with E-state index in [0.29, 0.717) is 56.7 Å². The number of nitrogens with one attached hydrogen (secondary N) is 2. The van der Waals surface area contributed by atoms with Crippen LogP contribution in [0.1, 0.15) is 80.1 Å². The van der Waals surface area contributed by atoms with Gasteiger partial charge in [-0.05, 0) is 74.6 Å². The molecule has 0 saturated carbocycles. The standard InChI is InChI=1S/C33H37F2N5O3/c1-33(2,43-3)28-18-36-30-27(12-11-22(19-40(28)30)23-8-6-9-25(34)29(23)35)38-32(42)39-15-13-20(14-16-39)24-17-21-7-4-5-10-26(21)37-31(24)41/h4-10,17-18,20,22,27H,11-16,19H2,1-3H3,(H,37,41)(H,38,42)/t22-,27-/m1/s1. The van der Waals surface area contributed by atoms with E-state index in [1.807, 2.05) is 48.7 Å². The summed E-state index contributed by atoms with van der Waals surface area (Å²) in [6, 6.07) is 13.4. The number of methoxy groups -OCH3 is 1. The van der Waals surface area contributed by atoms with Crippen LogP contribution in [0.3, 0.4) is 0 Å². The van der Waals surface area contributed by atoms with Crippen molar-refractivity contribution in [3.63, 3.8) is 0 Å². The van der Waals surface area contributed by atoms with Crippen LogP contribution in [-0.4, -0.2) is 45.7 Å². The molecule has 2 aliphatic rings. The van der Waals surface area contributed by atoms with Gasteiger partial charge < -0.3 is 24.5 Å². The number of hydrogen-bond acceptors (Lipinski definition) is 4. The number of carbonyl (C=O) groups is 1. The number of fused-ring (bicyclic) bond motifs is 2. The van der Waals surface area contributed by atoms with E-state index >= 15 is 0 Å². The zero-order valence-electron chi connectivity index (χ0n) is 24.7. The first-order chi connectivity index (χ1) is 20.7. The quantitative estimate of drug-likeness (QED) is 0.295. The van der Waals surface area contributed by atoms with Crippen LogP contribution >= 0.6 is 0 Å². The predicted octanol–water partition coefficient (Wildman–Crippen LogP) is 6.09. The van der Waals surface area contributed by atoms with Gasteiger partial charge in [0, 0.05) is 43.7 Å². The fraction of sp³-hybridized carbons (Fsp3) is 0.424. The lowest BCUT2D eigenvalue weighted by Crippen LogP contribution is -2.46. The number of urea groups is 1. The monoisotopic (exact) mass is 589 g/mol. The number of halogens is 2. The van der Waals surface area contributed by atoms with E-state index in [9.17, 15) is 18.4 Å². The molecule has 2 aliphatic heterocycles. The third-order valence-corrected chi connectivity index (χ3v) is 9.26. The number of rotatable bonds is 5. The smallest absolute Gasteiger partial charge is 0.317 e. The number of imidazole rings is 1. The van der Waals surface area contributed by atoms with Crippen LogP contribution in [0.5, 0.6) is 0 Å². The number of aromatic amines is 1. The van der Waals surface area contributed by atoms with Gasteiger partial charge in [-0.2, -0.15) is 0 Å². The number of pyridine rings is 1. The SMILES string of the molecule is COC(C)(C)c1cnc2n1C[C@H](c1cccc(F)c1F)CC[C@H]2NC(=O)N1CCC(c2cc3ccccc3[nH]c2=O)CC1. The molecule has 10 heteroatoms. The Morgan fingerprint density at radius 1 is 1.02 bits per heavy atom. The van der Waals surface area contributed by atoms with E-state index in [4.69, 9.17) is 9.72 Å². The average molecular weight is 590 g/mol. The Bertz CT molecular complexity index is 1710. The highest BCUT2D eigenvalue weighted by atomic mass is 19.2. The van der Waals surface area contributed by atoms with E-state index in [2.05, 4.69) is 10.3 Å². The van der Waals surface area contributed by atoms with Crippen molar-refractivity contribution in [2.75, 3.05) is 20.2 Å². The Labute approximate surface area is 249 Å². The number of hydrogen-bond donors (Lipinski definition) is 2. The summed E-state index contributed by atoms with van der Waals surface area (Å²) >= 11 is 0. The van der Waals surface area contributed by atoms with Crippen molar-refractivity contribution in [1.82, 2.24) is 24.8 Å². The lowest BCUT2D eigenvalue weighted by atomic mass is 9.89. The fourth-order valence-electron chi connectivity index (χ4n) is 6.58. The van der Waals surface area contributed by atoms with Gasteiger partial charge in [0.2, 0.25) is 0 Å². The first-order valence-electron chi connectivity index (χ1n) is 14.9. The van der Waals surface area contributed by atoms with Gasteiger partial charge in [-0.25, -0.2) is 18.6 Å². The Hall–Kier alpha value is -4.05. The summed E-state index contributed by atoms with van der Waals surface area (Å²) in [7, 11) is 1.62. The van der Waals surface area contributed by atoms with Crippen LogP contribution in [0.4, 0.5) is 13.6 Å². The van der Waals surface area contributed by atoms with Crippen molar-refractivity contribution in [2.45, 2.75) is 69.6 Å². The van der Waals surface area contributed by atoms with E-state index in [-0.39, 0.29) is 23.4 Å². The maximum atomic E-state index is 14.9. The first kappa shape index (κ1) is 29.0. The molecule has 2 amide bonds. The molecule has 4 heterocycles. The molecule has 2 N–H and O–H groups in total. The lowest BCUT2D eigenvalue weighted by molar-refractivity contribution is 0.0120. The topological polar surface area (TPSA) is 92.2 Å². The Morgan fingerprint density at radius 2 is 1.79 bits per heavy atom. The van der Waals surface area contributed by atoms with Crippen molar-refractivity contribution in [2.24, 2.45) is 0 Å². The van der Waals surface area contributed by atoms with Gasteiger partial charge in [0.05, 0.1) is 17.9 Å². The summed E-state index contributed by atoms with van der Waals surface area (Å²) in [4.78, 5) is 35.9. The molecule has 8 nitrogen and oxygen atoms in total.